The van der Waals surface area contributed by atoms with Crippen LogP contribution in [0, 0.1) is 0 Å². The van der Waals surface area contributed by atoms with Crippen LogP contribution >= 0.6 is 0 Å². The zero-order valence-corrected chi connectivity index (χ0v) is 9.80. The molecule has 0 aromatic heterocycles. The van der Waals surface area contributed by atoms with Gasteiger partial charge in [0.2, 0.25) is 5.91 Å². The van der Waals surface area contributed by atoms with Gasteiger partial charge in [0.25, 0.3) is 0 Å². The lowest BCUT2D eigenvalue weighted by molar-refractivity contribution is -0.142. The van der Waals surface area contributed by atoms with Crippen molar-refractivity contribution in [2.45, 2.75) is 12.0 Å². The Bertz CT molecular complexity index is 486. The Morgan fingerprint density at radius 1 is 1.28 bits per heavy atom. The van der Waals surface area contributed by atoms with Gasteiger partial charge in [0.05, 0.1) is 0 Å². The SMILES string of the molecule is NC(=O)c1ccc(N2CCC(N)(C(=O)O)C2)cc1. The van der Waals surface area contributed by atoms with Gasteiger partial charge in [-0.15, -0.1) is 0 Å². The van der Waals surface area contributed by atoms with Crippen LogP contribution in [0.3, 0.4) is 0 Å². The fraction of sp³-hybridized carbons (Fsp3) is 0.333. The summed E-state index contributed by atoms with van der Waals surface area (Å²) in [7, 11) is 0. The number of amides is 1. The van der Waals surface area contributed by atoms with Crippen molar-refractivity contribution in [2.75, 3.05) is 18.0 Å². The van der Waals surface area contributed by atoms with E-state index in [2.05, 4.69) is 0 Å². The molecule has 1 atom stereocenters. The van der Waals surface area contributed by atoms with E-state index in [1.165, 1.54) is 0 Å². The summed E-state index contributed by atoms with van der Waals surface area (Å²) in [5, 5.41) is 9.04. The molecule has 2 rings (SSSR count). The summed E-state index contributed by atoms with van der Waals surface area (Å²) in [4.78, 5) is 23.9. The highest BCUT2D eigenvalue weighted by atomic mass is 16.4. The van der Waals surface area contributed by atoms with E-state index in [9.17, 15) is 9.59 Å². The fourth-order valence-electron chi connectivity index (χ4n) is 2.06. The van der Waals surface area contributed by atoms with Crippen LogP contribution < -0.4 is 16.4 Å². The van der Waals surface area contributed by atoms with Gasteiger partial charge in [0, 0.05) is 24.3 Å². The van der Waals surface area contributed by atoms with Gasteiger partial charge in [-0.3, -0.25) is 9.59 Å². The molecule has 1 unspecified atom stereocenters. The summed E-state index contributed by atoms with van der Waals surface area (Å²) in [6, 6.07) is 6.73. The average molecular weight is 249 g/mol. The first-order valence-corrected chi connectivity index (χ1v) is 5.59. The molecule has 1 saturated heterocycles. The smallest absolute Gasteiger partial charge is 0.325 e. The molecular formula is C12H15N3O3. The Morgan fingerprint density at radius 2 is 1.89 bits per heavy atom. The van der Waals surface area contributed by atoms with E-state index in [0.29, 0.717) is 18.5 Å². The first kappa shape index (κ1) is 12.4. The van der Waals surface area contributed by atoms with Crippen LogP contribution in [0.25, 0.3) is 0 Å². The molecule has 5 N–H and O–H groups in total. The molecule has 6 nitrogen and oxygen atoms in total. The zero-order chi connectivity index (χ0) is 13.3. The van der Waals surface area contributed by atoms with Crippen molar-refractivity contribution in [3.63, 3.8) is 0 Å². The van der Waals surface area contributed by atoms with E-state index in [4.69, 9.17) is 16.6 Å². The third-order valence-electron chi connectivity index (χ3n) is 3.24. The lowest BCUT2D eigenvalue weighted by atomic mass is 10.0. The normalized spacial score (nSPS) is 23.1. The van der Waals surface area contributed by atoms with Crippen molar-refractivity contribution in [1.82, 2.24) is 0 Å². The van der Waals surface area contributed by atoms with Crippen LogP contribution in [0.2, 0.25) is 0 Å². The number of carboxylic acid groups (broad SMARTS) is 1. The molecule has 0 aliphatic carbocycles. The number of benzene rings is 1. The molecule has 0 saturated carbocycles. The van der Waals surface area contributed by atoms with Crippen LogP contribution in [0.15, 0.2) is 24.3 Å². The van der Waals surface area contributed by atoms with Crippen LogP contribution in [0.5, 0.6) is 0 Å². The molecule has 6 heteroatoms. The van der Waals surface area contributed by atoms with Gasteiger partial charge in [-0.25, -0.2) is 0 Å². The van der Waals surface area contributed by atoms with E-state index in [1.807, 2.05) is 4.90 Å². The maximum atomic E-state index is 11.0. The highest BCUT2D eigenvalue weighted by Crippen LogP contribution is 2.25. The third kappa shape index (κ3) is 2.14. The van der Waals surface area contributed by atoms with Gasteiger partial charge >= 0.3 is 5.97 Å². The predicted molar refractivity (Wildman–Crippen MR) is 66.3 cm³/mol. The molecule has 0 spiro atoms. The molecule has 1 aromatic carbocycles. The van der Waals surface area contributed by atoms with Gasteiger partial charge in [0.1, 0.15) is 5.54 Å². The topological polar surface area (TPSA) is 110 Å². The highest BCUT2D eigenvalue weighted by Gasteiger charge is 2.41. The summed E-state index contributed by atoms with van der Waals surface area (Å²) < 4.78 is 0. The second kappa shape index (κ2) is 4.30. The standard InChI is InChI=1S/C12H15N3O3/c13-10(16)8-1-3-9(4-2-8)15-6-5-12(14,7-15)11(17)18/h1-4H,5-7,14H2,(H2,13,16)(H,17,18). The number of hydrogen-bond acceptors (Lipinski definition) is 4. The Kier molecular flexibility index (Phi) is 2.96. The van der Waals surface area contributed by atoms with Gasteiger partial charge in [0.15, 0.2) is 0 Å². The van der Waals surface area contributed by atoms with Crippen molar-refractivity contribution in [3.8, 4) is 0 Å². The van der Waals surface area contributed by atoms with Crippen LogP contribution in [-0.2, 0) is 4.79 Å². The molecule has 0 bridgehead atoms. The van der Waals surface area contributed by atoms with E-state index < -0.39 is 17.4 Å². The van der Waals surface area contributed by atoms with E-state index in [0.717, 1.165) is 5.69 Å². The maximum Gasteiger partial charge on any atom is 0.325 e. The Morgan fingerprint density at radius 3 is 2.33 bits per heavy atom. The van der Waals surface area contributed by atoms with Crippen molar-refractivity contribution in [1.29, 1.82) is 0 Å². The first-order valence-electron chi connectivity index (χ1n) is 5.59. The summed E-state index contributed by atoms with van der Waals surface area (Å²) in [6.07, 6.45) is 0.403. The Hall–Kier alpha value is -2.08. The minimum atomic E-state index is -1.19. The van der Waals surface area contributed by atoms with Crippen molar-refractivity contribution < 1.29 is 14.7 Å². The molecule has 96 valence electrons. The number of carbonyl (C=O) groups is 2. The lowest BCUT2D eigenvalue weighted by Crippen LogP contribution is -2.50. The first-order chi connectivity index (χ1) is 8.42. The minimum Gasteiger partial charge on any atom is -0.480 e. The monoisotopic (exact) mass is 249 g/mol. The number of rotatable bonds is 3. The maximum absolute atomic E-state index is 11.0. The lowest BCUT2D eigenvalue weighted by Gasteiger charge is -2.21. The van der Waals surface area contributed by atoms with Gasteiger partial charge in [-0.05, 0) is 30.7 Å². The largest absolute Gasteiger partial charge is 0.480 e. The minimum absolute atomic E-state index is 0.262. The number of nitrogens with two attached hydrogens (primary N) is 2. The third-order valence-corrected chi connectivity index (χ3v) is 3.24. The second-order valence-electron chi connectivity index (χ2n) is 4.54. The highest BCUT2D eigenvalue weighted by molar-refractivity contribution is 5.93. The summed E-state index contributed by atoms with van der Waals surface area (Å²) in [6.45, 7) is 0.844. The zero-order valence-electron chi connectivity index (χ0n) is 9.80. The second-order valence-corrected chi connectivity index (χ2v) is 4.54. The fourth-order valence-corrected chi connectivity index (χ4v) is 2.06. The number of aliphatic carboxylic acids is 1. The quantitative estimate of drug-likeness (QED) is 0.686. The number of primary amides is 1. The Labute approximate surface area is 104 Å². The van der Waals surface area contributed by atoms with Crippen LogP contribution in [-0.4, -0.2) is 35.6 Å². The average Bonchev–Trinajstić information content (AvgIpc) is 2.73. The summed E-state index contributed by atoms with van der Waals surface area (Å²) >= 11 is 0. The molecule has 1 aliphatic heterocycles. The van der Waals surface area contributed by atoms with Crippen molar-refractivity contribution in [3.05, 3.63) is 29.8 Å². The summed E-state index contributed by atoms with van der Waals surface area (Å²) in [5.41, 5.74) is 11.0. The van der Waals surface area contributed by atoms with E-state index >= 15 is 0 Å². The van der Waals surface area contributed by atoms with Crippen molar-refractivity contribution in [2.24, 2.45) is 11.5 Å². The molecular weight excluding hydrogens is 234 g/mol. The molecule has 0 radical (unpaired) electrons. The summed E-state index contributed by atoms with van der Waals surface area (Å²) in [5.74, 6) is -1.47. The number of nitrogens with zero attached hydrogens (tertiary/aromatic N) is 1. The molecule has 1 aliphatic rings. The predicted octanol–water partition coefficient (Wildman–Crippen LogP) is -0.222. The van der Waals surface area contributed by atoms with E-state index in [-0.39, 0.29) is 6.54 Å². The van der Waals surface area contributed by atoms with E-state index in [1.54, 1.807) is 24.3 Å². The number of carbonyl (C=O) groups excluding carboxylic acids is 1. The molecule has 1 amide bonds. The molecule has 18 heavy (non-hydrogen) atoms. The van der Waals surface area contributed by atoms with Crippen LogP contribution in [0.1, 0.15) is 16.8 Å². The number of anilines is 1. The van der Waals surface area contributed by atoms with Crippen LogP contribution in [0.4, 0.5) is 5.69 Å². The van der Waals surface area contributed by atoms with Crippen molar-refractivity contribution >= 4 is 17.6 Å². The molecule has 1 fully saturated rings. The number of hydrogen-bond donors (Lipinski definition) is 3. The molecule has 1 heterocycles. The number of carboxylic acids is 1. The van der Waals surface area contributed by atoms with Gasteiger partial charge in [-0.1, -0.05) is 0 Å². The Balaban J connectivity index is 2.15. The van der Waals surface area contributed by atoms with Gasteiger partial charge in [-0.2, -0.15) is 0 Å². The molecule has 1 aromatic rings. The van der Waals surface area contributed by atoms with Gasteiger partial charge < -0.3 is 21.5 Å².